The first kappa shape index (κ1) is 17.2. The van der Waals surface area contributed by atoms with Gasteiger partial charge in [0, 0.05) is 17.6 Å². The Bertz CT molecular complexity index is 713. The summed E-state index contributed by atoms with van der Waals surface area (Å²) in [5.74, 6) is 1.32. The smallest absolute Gasteiger partial charge is 0.412 e. The molecule has 6 nitrogen and oxygen atoms in total. The Kier molecular flexibility index (Phi) is 5.20. The van der Waals surface area contributed by atoms with Gasteiger partial charge in [0.2, 0.25) is 0 Å². The number of nitrogens with one attached hydrogen (secondary N) is 2. The number of benzene rings is 1. The van der Waals surface area contributed by atoms with Gasteiger partial charge in [-0.15, -0.1) is 0 Å². The molecule has 1 aromatic heterocycles. The number of hydrogen-bond donors (Lipinski definition) is 2. The van der Waals surface area contributed by atoms with Crippen LogP contribution in [0, 0.1) is 6.92 Å². The van der Waals surface area contributed by atoms with Crippen LogP contribution >= 0.6 is 15.9 Å². The van der Waals surface area contributed by atoms with Crippen molar-refractivity contribution in [2.75, 3.05) is 10.6 Å². The van der Waals surface area contributed by atoms with Crippen LogP contribution in [-0.4, -0.2) is 21.7 Å². The van der Waals surface area contributed by atoms with E-state index in [0.29, 0.717) is 17.3 Å². The van der Waals surface area contributed by atoms with Crippen LogP contribution in [-0.2, 0) is 4.74 Å². The summed E-state index contributed by atoms with van der Waals surface area (Å²) in [6.07, 6.45) is 1.20. The van der Waals surface area contributed by atoms with Crippen molar-refractivity contribution < 1.29 is 9.53 Å². The lowest BCUT2D eigenvalue weighted by Crippen LogP contribution is -2.27. The summed E-state index contributed by atoms with van der Waals surface area (Å²) in [6, 6.07) is 7.30. The number of aromatic nitrogens is 2. The average molecular weight is 379 g/mol. The van der Waals surface area contributed by atoms with Crippen LogP contribution in [0.2, 0.25) is 0 Å². The van der Waals surface area contributed by atoms with Crippen molar-refractivity contribution in [2.45, 2.75) is 33.3 Å². The molecule has 7 heteroatoms. The van der Waals surface area contributed by atoms with Crippen molar-refractivity contribution in [3.63, 3.8) is 0 Å². The van der Waals surface area contributed by atoms with Crippen molar-refractivity contribution in [1.29, 1.82) is 0 Å². The quantitative estimate of drug-likeness (QED) is 0.813. The second kappa shape index (κ2) is 6.95. The molecule has 0 radical (unpaired) electrons. The standard InChI is InChI=1S/C16H19BrN4O2/c1-10-18-9-13(17)14(19-10)20-11-6-5-7-12(8-11)21-15(22)23-16(2,3)4/h5-9H,1-4H3,(H,21,22)(H,18,19,20). The fraction of sp³-hybridized carbons (Fsp3) is 0.312. The molecule has 122 valence electrons. The van der Waals surface area contributed by atoms with Crippen molar-refractivity contribution in [3.05, 3.63) is 40.8 Å². The van der Waals surface area contributed by atoms with E-state index in [1.807, 2.05) is 39.8 Å². The van der Waals surface area contributed by atoms with Crippen molar-refractivity contribution in [2.24, 2.45) is 0 Å². The molecule has 0 aliphatic heterocycles. The predicted molar refractivity (Wildman–Crippen MR) is 94.1 cm³/mol. The lowest BCUT2D eigenvalue weighted by atomic mass is 10.2. The topological polar surface area (TPSA) is 76.1 Å². The third kappa shape index (κ3) is 5.52. The second-order valence-electron chi connectivity index (χ2n) is 5.95. The lowest BCUT2D eigenvalue weighted by Gasteiger charge is -2.19. The molecule has 2 aromatic rings. The first-order valence-electron chi connectivity index (χ1n) is 7.09. The summed E-state index contributed by atoms with van der Waals surface area (Å²) in [7, 11) is 0. The maximum absolute atomic E-state index is 11.8. The number of rotatable bonds is 3. The van der Waals surface area contributed by atoms with E-state index in [1.54, 1.807) is 18.3 Å². The highest BCUT2D eigenvalue weighted by molar-refractivity contribution is 9.10. The SMILES string of the molecule is Cc1ncc(Br)c(Nc2cccc(NC(=O)OC(C)(C)C)c2)n1. The number of ether oxygens (including phenoxy) is 1. The zero-order valence-corrected chi connectivity index (χ0v) is 15.1. The molecule has 0 unspecified atom stereocenters. The molecular weight excluding hydrogens is 360 g/mol. The molecular formula is C16H19BrN4O2. The maximum Gasteiger partial charge on any atom is 0.412 e. The van der Waals surface area contributed by atoms with Crippen LogP contribution in [0.1, 0.15) is 26.6 Å². The minimum Gasteiger partial charge on any atom is -0.444 e. The summed E-state index contributed by atoms with van der Waals surface area (Å²) in [6.45, 7) is 7.27. The van der Waals surface area contributed by atoms with Crippen LogP contribution in [0.15, 0.2) is 34.9 Å². The van der Waals surface area contributed by atoms with Gasteiger partial charge in [0.05, 0.1) is 4.47 Å². The fourth-order valence-corrected chi connectivity index (χ4v) is 2.07. The molecule has 1 aromatic carbocycles. The van der Waals surface area contributed by atoms with Gasteiger partial charge in [0.25, 0.3) is 0 Å². The summed E-state index contributed by atoms with van der Waals surface area (Å²) in [4.78, 5) is 20.2. The van der Waals surface area contributed by atoms with Crippen molar-refractivity contribution >= 4 is 39.2 Å². The molecule has 0 bridgehead atoms. The third-order valence-electron chi connectivity index (χ3n) is 2.64. The highest BCUT2D eigenvalue weighted by Gasteiger charge is 2.16. The maximum atomic E-state index is 11.8. The van der Waals surface area contributed by atoms with E-state index in [4.69, 9.17) is 4.74 Å². The second-order valence-corrected chi connectivity index (χ2v) is 6.80. The average Bonchev–Trinajstić information content (AvgIpc) is 2.41. The Morgan fingerprint density at radius 3 is 2.65 bits per heavy atom. The molecule has 1 heterocycles. The molecule has 0 atom stereocenters. The first-order chi connectivity index (χ1) is 10.7. The number of anilines is 3. The predicted octanol–water partition coefficient (Wildman–Crippen LogP) is 4.64. The number of hydrogen-bond acceptors (Lipinski definition) is 5. The Hall–Kier alpha value is -2.15. The number of amides is 1. The minimum atomic E-state index is -0.538. The van der Waals surface area contributed by atoms with Crippen LogP contribution < -0.4 is 10.6 Å². The molecule has 1 amide bonds. The van der Waals surface area contributed by atoms with Gasteiger partial charge in [-0.3, -0.25) is 5.32 Å². The van der Waals surface area contributed by atoms with E-state index in [1.165, 1.54) is 0 Å². The number of carbonyl (C=O) groups is 1. The van der Waals surface area contributed by atoms with Gasteiger partial charge in [-0.1, -0.05) is 6.07 Å². The van der Waals surface area contributed by atoms with E-state index < -0.39 is 11.7 Å². The number of aryl methyl sites for hydroxylation is 1. The van der Waals surface area contributed by atoms with Crippen molar-refractivity contribution in [1.82, 2.24) is 9.97 Å². The number of nitrogens with zero attached hydrogens (tertiary/aromatic N) is 2. The Morgan fingerprint density at radius 1 is 1.26 bits per heavy atom. The molecule has 0 aliphatic rings. The van der Waals surface area contributed by atoms with Crippen LogP contribution in [0.4, 0.5) is 22.0 Å². The highest BCUT2D eigenvalue weighted by Crippen LogP contribution is 2.24. The molecule has 0 aliphatic carbocycles. The molecule has 0 saturated carbocycles. The monoisotopic (exact) mass is 378 g/mol. The van der Waals surface area contributed by atoms with E-state index in [9.17, 15) is 4.79 Å². The van der Waals surface area contributed by atoms with Gasteiger partial charge in [0.1, 0.15) is 17.2 Å². The lowest BCUT2D eigenvalue weighted by molar-refractivity contribution is 0.0636. The largest absolute Gasteiger partial charge is 0.444 e. The molecule has 23 heavy (non-hydrogen) atoms. The van der Waals surface area contributed by atoms with Gasteiger partial charge < -0.3 is 10.1 Å². The Labute approximate surface area is 143 Å². The van der Waals surface area contributed by atoms with Gasteiger partial charge in [-0.25, -0.2) is 14.8 Å². The molecule has 2 rings (SSSR count). The molecule has 0 fully saturated rings. The van der Waals surface area contributed by atoms with E-state index in [2.05, 4.69) is 36.5 Å². The highest BCUT2D eigenvalue weighted by atomic mass is 79.9. The summed E-state index contributed by atoms with van der Waals surface area (Å²) < 4.78 is 5.99. The Balaban J connectivity index is 2.11. The summed E-state index contributed by atoms with van der Waals surface area (Å²) in [5, 5.41) is 5.89. The van der Waals surface area contributed by atoms with Gasteiger partial charge in [0.15, 0.2) is 0 Å². The van der Waals surface area contributed by atoms with Gasteiger partial charge in [-0.05, 0) is 61.8 Å². The number of halogens is 1. The zero-order valence-electron chi connectivity index (χ0n) is 13.5. The molecule has 0 spiro atoms. The Morgan fingerprint density at radius 2 is 1.96 bits per heavy atom. The van der Waals surface area contributed by atoms with Gasteiger partial charge in [-0.2, -0.15) is 0 Å². The minimum absolute atomic E-state index is 0.492. The molecule has 0 saturated heterocycles. The molecule has 2 N–H and O–H groups in total. The van der Waals surface area contributed by atoms with E-state index >= 15 is 0 Å². The van der Waals surface area contributed by atoms with Crippen LogP contribution in [0.25, 0.3) is 0 Å². The van der Waals surface area contributed by atoms with E-state index in [-0.39, 0.29) is 0 Å². The normalized spacial score (nSPS) is 11.0. The summed E-state index contributed by atoms with van der Waals surface area (Å²) >= 11 is 3.40. The van der Waals surface area contributed by atoms with E-state index in [0.717, 1.165) is 10.2 Å². The zero-order chi connectivity index (χ0) is 17.0. The van der Waals surface area contributed by atoms with Crippen LogP contribution in [0.3, 0.4) is 0 Å². The fourth-order valence-electron chi connectivity index (χ4n) is 1.78. The number of carbonyl (C=O) groups excluding carboxylic acids is 1. The third-order valence-corrected chi connectivity index (χ3v) is 3.22. The first-order valence-corrected chi connectivity index (χ1v) is 7.88. The van der Waals surface area contributed by atoms with Crippen LogP contribution in [0.5, 0.6) is 0 Å². The van der Waals surface area contributed by atoms with Crippen molar-refractivity contribution in [3.8, 4) is 0 Å². The summed E-state index contributed by atoms with van der Waals surface area (Å²) in [5.41, 5.74) is 0.882. The van der Waals surface area contributed by atoms with Gasteiger partial charge >= 0.3 is 6.09 Å².